The minimum Gasteiger partial charge on any atom is -0.385 e. The average molecular weight is 258 g/mol. The van der Waals surface area contributed by atoms with Crippen LogP contribution < -0.4 is 5.32 Å². The summed E-state index contributed by atoms with van der Waals surface area (Å²) in [5, 5.41) is 3.66. The third kappa shape index (κ3) is 6.14. The van der Waals surface area contributed by atoms with Gasteiger partial charge in [0.2, 0.25) is 0 Å². The Labute approximate surface area is 112 Å². The quantitative estimate of drug-likeness (QED) is 0.633. The largest absolute Gasteiger partial charge is 0.385 e. The second-order valence-electron chi connectivity index (χ2n) is 5.29. The Morgan fingerprint density at radius 2 is 2.28 bits per heavy atom. The molecular weight excluding hydrogens is 228 g/mol. The molecule has 1 heterocycles. The fourth-order valence-corrected chi connectivity index (χ4v) is 2.55. The van der Waals surface area contributed by atoms with E-state index in [1.165, 1.54) is 6.42 Å². The maximum Gasteiger partial charge on any atom is 0.0521 e. The molecule has 0 saturated carbocycles. The van der Waals surface area contributed by atoms with Crippen LogP contribution in [0.4, 0.5) is 0 Å². The molecule has 0 aliphatic carbocycles. The smallest absolute Gasteiger partial charge is 0.0521 e. The van der Waals surface area contributed by atoms with Gasteiger partial charge in [-0.3, -0.25) is 0 Å². The van der Waals surface area contributed by atoms with E-state index in [1.54, 1.807) is 7.11 Å². The van der Waals surface area contributed by atoms with E-state index in [0.717, 1.165) is 52.3 Å². The molecule has 0 aromatic rings. The minimum atomic E-state index is 0.623. The van der Waals surface area contributed by atoms with Crippen LogP contribution in [0, 0.1) is 5.92 Å². The van der Waals surface area contributed by atoms with Gasteiger partial charge in [0.25, 0.3) is 0 Å². The van der Waals surface area contributed by atoms with Crippen molar-refractivity contribution in [1.29, 1.82) is 0 Å². The number of nitrogens with one attached hydrogen (secondary N) is 1. The predicted octanol–water partition coefficient (Wildman–Crippen LogP) is 1.36. The summed E-state index contributed by atoms with van der Waals surface area (Å²) in [6.07, 6.45) is 3.46. The van der Waals surface area contributed by atoms with Gasteiger partial charge in [0.05, 0.1) is 6.61 Å². The summed E-state index contributed by atoms with van der Waals surface area (Å²) in [7, 11) is 3.96. The molecule has 2 unspecified atom stereocenters. The van der Waals surface area contributed by atoms with E-state index in [9.17, 15) is 0 Å². The molecule has 1 saturated heterocycles. The summed E-state index contributed by atoms with van der Waals surface area (Å²) in [4.78, 5) is 2.40. The molecule has 1 aliphatic heterocycles. The van der Waals surface area contributed by atoms with E-state index in [0.29, 0.717) is 12.0 Å². The monoisotopic (exact) mass is 258 g/mol. The summed E-state index contributed by atoms with van der Waals surface area (Å²) in [6, 6.07) is 0.628. The van der Waals surface area contributed by atoms with Crippen molar-refractivity contribution >= 4 is 0 Å². The van der Waals surface area contributed by atoms with Crippen LogP contribution in [0.1, 0.15) is 26.2 Å². The summed E-state index contributed by atoms with van der Waals surface area (Å²) in [5.41, 5.74) is 0. The first-order chi connectivity index (χ1) is 8.77. The third-order valence-corrected chi connectivity index (χ3v) is 3.57. The molecule has 0 bridgehead atoms. The highest BCUT2D eigenvalue weighted by Crippen LogP contribution is 2.16. The SMILES string of the molecule is CCCNC1CCOCC1CN(C)CCCOC. The molecule has 0 radical (unpaired) electrons. The first-order valence-electron chi connectivity index (χ1n) is 7.26. The number of methoxy groups -OCH3 is 1. The van der Waals surface area contributed by atoms with E-state index in [1.807, 2.05) is 0 Å². The Balaban J connectivity index is 2.26. The summed E-state index contributed by atoms with van der Waals surface area (Å²) < 4.78 is 10.7. The topological polar surface area (TPSA) is 33.7 Å². The van der Waals surface area contributed by atoms with Crippen molar-refractivity contribution in [2.75, 3.05) is 53.6 Å². The van der Waals surface area contributed by atoms with E-state index in [-0.39, 0.29) is 0 Å². The highest BCUT2D eigenvalue weighted by molar-refractivity contribution is 4.81. The van der Waals surface area contributed by atoms with E-state index >= 15 is 0 Å². The van der Waals surface area contributed by atoms with Gasteiger partial charge >= 0.3 is 0 Å². The standard InChI is InChI=1S/C14H30N2O2/c1-4-7-15-14-6-10-18-12-13(14)11-16(2)8-5-9-17-3/h13-15H,4-12H2,1-3H3. The molecule has 0 amide bonds. The van der Waals surface area contributed by atoms with Crippen molar-refractivity contribution < 1.29 is 9.47 Å². The molecule has 1 N–H and O–H groups in total. The van der Waals surface area contributed by atoms with Gasteiger partial charge in [-0.1, -0.05) is 6.92 Å². The van der Waals surface area contributed by atoms with Crippen LogP contribution in [0.3, 0.4) is 0 Å². The van der Waals surface area contributed by atoms with Crippen LogP contribution in [0.5, 0.6) is 0 Å². The zero-order valence-corrected chi connectivity index (χ0v) is 12.3. The lowest BCUT2D eigenvalue weighted by Gasteiger charge is -2.35. The molecule has 108 valence electrons. The van der Waals surface area contributed by atoms with Gasteiger partial charge in [-0.05, 0) is 32.9 Å². The Kier molecular flexibility index (Phi) is 8.59. The van der Waals surface area contributed by atoms with Gasteiger partial charge in [-0.25, -0.2) is 0 Å². The number of nitrogens with zero attached hydrogens (tertiary/aromatic N) is 1. The highest BCUT2D eigenvalue weighted by Gasteiger charge is 2.25. The van der Waals surface area contributed by atoms with Gasteiger partial charge in [-0.15, -0.1) is 0 Å². The molecule has 18 heavy (non-hydrogen) atoms. The molecule has 1 fully saturated rings. The molecule has 4 nitrogen and oxygen atoms in total. The lowest BCUT2D eigenvalue weighted by Crippen LogP contribution is -2.47. The summed E-state index contributed by atoms with van der Waals surface area (Å²) in [6.45, 7) is 8.22. The summed E-state index contributed by atoms with van der Waals surface area (Å²) in [5.74, 6) is 0.623. The Morgan fingerprint density at radius 3 is 3.00 bits per heavy atom. The minimum absolute atomic E-state index is 0.623. The fourth-order valence-electron chi connectivity index (χ4n) is 2.55. The van der Waals surface area contributed by atoms with Crippen LogP contribution in [-0.2, 0) is 9.47 Å². The second kappa shape index (κ2) is 9.73. The van der Waals surface area contributed by atoms with Crippen LogP contribution in [0.25, 0.3) is 0 Å². The van der Waals surface area contributed by atoms with Crippen molar-refractivity contribution in [2.24, 2.45) is 5.92 Å². The molecule has 0 spiro atoms. The Morgan fingerprint density at radius 1 is 1.44 bits per heavy atom. The van der Waals surface area contributed by atoms with Crippen molar-refractivity contribution in [1.82, 2.24) is 10.2 Å². The van der Waals surface area contributed by atoms with Crippen molar-refractivity contribution in [2.45, 2.75) is 32.2 Å². The van der Waals surface area contributed by atoms with E-state index in [4.69, 9.17) is 9.47 Å². The molecule has 2 atom stereocenters. The van der Waals surface area contributed by atoms with Gasteiger partial charge in [0, 0.05) is 45.4 Å². The van der Waals surface area contributed by atoms with E-state index < -0.39 is 0 Å². The van der Waals surface area contributed by atoms with E-state index in [2.05, 4.69) is 24.2 Å². The third-order valence-electron chi connectivity index (χ3n) is 3.57. The maximum absolute atomic E-state index is 5.63. The molecular formula is C14H30N2O2. The first-order valence-corrected chi connectivity index (χ1v) is 7.26. The van der Waals surface area contributed by atoms with Crippen LogP contribution in [-0.4, -0.2) is 64.6 Å². The van der Waals surface area contributed by atoms with Crippen molar-refractivity contribution in [3.8, 4) is 0 Å². The predicted molar refractivity (Wildman–Crippen MR) is 75.0 cm³/mol. The molecule has 0 aromatic heterocycles. The fraction of sp³-hybridized carbons (Fsp3) is 1.00. The zero-order valence-electron chi connectivity index (χ0n) is 12.3. The lowest BCUT2D eigenvalue weighted by molar-refractivity contribution is 0.0190. The number of rotatable bonds is 9. The van der Waals surface area contributed by atoms with Gasteiger partial charge in [0.15, 0.2) is 0 Å². The molecule has 1 aliphatic rings. The highest BCUT2D eigenvalue weighted by atomic mass is 16.5. The van der Waals surface area contributed by atoms with Crippen molar-refractivity contribution in [3.63, 3.8) is 0 Å². The molecule has 4 heteroatoms. The molecule has 0 aromatic carbocycles. The average Bonchev–Trinajstić information content (AvgIpc) is 2.38. The Bertz CT molecular complexity index is 202. The second-order valence-corrected chi connectivity index (χ2v) is 5.29. The number of hydrogen-bond donors (Lipinski definition) is 1. The normalized spacial score (nSPS) is 24.7. The van der Waals surface area contributed by atoms with Crippen LogP contribution in [0.15, 0.2) is 0 Å². The first kappa shape index (κ1) is 15.9. The van der Waals surface area contributed by atoms with Gasteiger partial charge in [-0.2, -0.15) is 0 Å². The molecule has 1 rings (SSSR count). The number of hydrogen-bond acceptors (Lipinski definition) is 4. The maximum atomic E-state index is 5.63. The van der Waals surface area contributed by atoms with Gasteiger partial charge < -0.3 is 19.7 Å². The van der Waals surface area contributed by atoms with Crippen LogP contribution >= 0.6 is 0 Å². The lowest BCUT2D eigenvalue weighted by atomic mass is 9.95. The van der Waals surface area contributed by atoms with Gasteiger partial charge in [0.1, 0.15) is 0 Å². The zero-order chi connectivity index (χ0) is 13.2. The van der Waals surface area contributed by atoms with Crippen LogP contribution in [0.2, 0.25) is 0 Å². The Hall–Kier alpha value is -0.160. The van der Waals surface area contributed by atoms with Crippen molar-refractivity contribution in [3.05, 3.63) is 0 Å². The number of ether oxygens (including phenoxy) is 2. The summed E-state index contributed by atoms with van der Waals surface area (Å²) >= 11 is 0.